The molecule has 0 amide bonds. The maximum Gasteiger partial charge on any atom is 0.387 e. The van der Waals surface area contributed by atoms with E-state index in [-0.39, 0.29) is 5.75 Å². The first-order chi connectivity index (χ1) is 7.27. The van der Waals surface area contributed by atoms with E-state index in [4.69, 9.17) is 0 Å². The standard InChI is InChI=1S/C10H7F2N2O/c11-10(12)15-8-4-2-1-3-7(8)9-13-5-6-14-9/h1-5,10H,(H,13,14). The van der Waals surface area contributed by atoms with Gasteiger partial charge < -0.3 is 9.72 Å². The van der Waals surface area contributed by atoms with Gasteiger partial charge in [-0.3, -0.25) is 0 Å². The number of nitrogens with one attached hydrogen (secondary N) is 1. The van der Waals surface area contributed by atoms with Gasteiger partial charge in [0.1, 0.15) is 17.8 Å². The number of halogens is 2. The Morgan fingerprint density at radius 2 is 2.13 bits per heavy atom. The summed E-state index contributed by atoms with van der Waals surface area (Å²) in [5.41, 5.74) is 0.485. The van der Waals surface area contributed by atoms with Gasteiger partial charge in [-0.2, -0.15) is 8.78 Å². The summed E-state index contributed by atoms with van der Waals surface area (Å²) < 4.78 is 28.5. The van der Waals surface area contributed by atoms with Crippen LogP contribution in [0.3, 0.4) is 0 Å². The van der Waals surface area contributed by atoms with Crippen molar-refractivity contribution in [3.05, 3.63) is 36.7 Å². The summed E-state index contributed by atoms with van der Waals surface area (Å²) >= 11 is 0. The highest BCUT2D eigenvalue weighted by molar-refractivity contribution is 5.63. The molecule has 15 heavy (non-hydrogen) atoms. The van der Waals surface area contributed by atoms with Crippen molar-refractivity contribution in [1.82, 2.24) is 9.97 Å². The van der Waals surface area contributed by atoms with Crippen LogP contribution >= 0.6 is 0 Å². The third kappa shape index (κ3) is 2.12. The van der Waals surface area contributed by atoms with Crippen LogP contribution in [0.4, 0.5) is 8.78 Å². The molecule has 0 aliphatic rings. The summed E-state index contributed by atoms with van der Waals surface area (Å²) in [6.45, 7) is -2.84. The van der Waals surface area contributed by atoms with E-state index in [0.29, 0.717) is 11.4 Å². The first-order valence-electron chi connectivity index (χ1n) is 4.23. The van der Waals surface area contributed by atoms with Crippen LogP contribution < -0.4 is 4.74 Å². The van der Waals surface area contributed by atoms with Gasteiger partial charge in [0.15, 0.2) is 0 Å². The highest BCUT2D eigenvalue weighted by Gasteiger charge is 2.11. The largest absolute Gasteiger partial charge is 0.434 e. The Kier molecular flexibility index (Phi) is 2.62. The fourth-order valence-corrected chi connectivity index (χ4v) is 1.23. The van der Waals surface area contributed by atoms with Gasteiger partial charge in [-0.1, -0.05) is 12.1 Å². The molecule has 0 atom stereocenters. The number of hydrogen-bond donors (Lipinski definition) is 1. The number of imidazole rings is 1. The molecular weight excluding hydrogens is 202 g/mol. The number of H-pyrrole nitrogens is 1. The van der Waals surface area contributed by atoms with Gasteiger partial charge in [0.05, 0.1) is 5.56 Å². The smallest absolute Gasteiger partial charge is 0.387 e. The molecule has 0 aliphatic heterocycles. The van der Waals surface area contributed by atoms with Crippen molar-refractivity contribution >= 4 is 0 Å². The van der Waals surface area contributed by atoms with Gasteiger partial charge in [0.25, 0.3) is 0 Å². The predicted octanol–water partition coefficient (Wildman–Crippen LogP) is 2.48. The number of ether oxygens (including phenoxy) is 1. The lowest BCUT2D eigenvalue weighted by atomic mass is 10.2. The number of alkyl halides is 2. The summed E-state index contributed by atoms with van der Waals surface area (Å²) in [6.07, 6.45) is 4.05. The van der Waals surface area contributed by atoms with Crippen molar-refractivity contribution < 1.29 is 13.5 Å². The Labute approximate surface area is 84.7 Å². The van der Waals surface area contributed by atoms with Crippen molar-refractivity contribution in [3.8, 4) is 17.1 Å². The Bertz CT molecular complexity index is 429. The summed E-state index contributed by atoms with van der Waals surface area (Å²) in [7, 11) is 0. The molecular formula is C10H7F2N2O. The Balaban J connectivity index is 2.38. The third-order valence-electron chi connectivity index (χ3n) is 1.81. The highest BCUT2D eigenvalue weighted by Crippen LogP contribution is 2.27. The second-order valence-electron chi connectivity index (χ2n) is 2.75. The van der Waals surface area contributed by atoms with E-state index >= 15 is 0 Å². The lowest BCUT2D eigenvalue weighted by molar-refractivity contribution is -0.0494. The molecule has 3 nitrogen and oxygen atoms in total. The molecule has 0 spiro atoms. The van der Waals surface area contributed by atoms with E-state index in [0.717, 1.165) is 0 Å². The van der Waals surface area contributed by atoms with Crippen LogP contribution in [0.5, 0.6) is 5.75 Å². The maximum absolute atomic E-state index is 12.1. The lowest BCUT2D eigenvalue weighted by Crippen LogP contribution is -2.03. The molecule has 2 rings (SSSR count). The molecule has 1 aromatic heterocycles. The molecule has 0 saturated heterocycles. The van der Waals surface area contributed by atoms with E-state index in [1.54, 1.807) is 18.2 Å². The Hall–Kier alpha value is -1.91. The van der Waals surface area contributed by atoms with E-state index in [2.05, 4.69) is 20.9 Å². The fraction of sp³-hybridized carbons (Fsp3) is 0.100. The zero-order chi connectivity index (χ0) is 10.7. The van der Waals surface area contributed by atoms with Gasteiger partial charge in [0, 0.05) is 6.20 Å². The average Bonchev–Trinajstić information content (AvgIpc) is 2.70. The number of aromatic nitrogens is 2. The molecule has 0 unspecified atom stereocenters. The molecule has 0 fully saturated rings. The van der Waals surface area contributed by atoms with Crippen molar-refractivity contribution in [2.45, 2.75) is 6.61 Å². The van der Waals surface area contributed by atoms with Gasteiger partial charge >= 0.3 is 6.61 Å². The minimum Gasteiger partial charge on any atom is -0.434 e. The molecule has 1 radical (unpaired) electrons. The minimum absolute atomic E-state index is 0.0934. The van der Waals surface area contributed by atoms with Crippen molar-refractivity contribution in [3.63, 3.8) is 0 Å². The van der Waals surface area contributed by atoms with E-state index in [1.807, 2.05) is 0 Å². The summed E-state index contributed by atoms with van der Waals surface area (Å²) in [5, 5.41) is 0. The minimum atomic E-state index is -2.84. The topological polar surface area (TPSA) is 37.9 Å². The monoisotopic (exact) mass is 209 g/mol. The molecule has 0 bridgehead atoms. The Morgan fingerprint density at radius 1 is 1.33 bits per heavy atom. The van der Waals surface area contributed by atoms with Gasteiger partial charge in [-0.05, 0) is 12.1 Å². The van der Waals surface area contributed by atoms with Crippen LogP contribution in [0.25, 0.3) is 11.4 Å². The van der Waals surface area contributed by atoms with Crippen molar-refractivity contribution in [1.29, 1.82) is 0 Å². The second kappa shape index (κ2) is 4.08. The zero-order valence-corrected chi connectivity index (χ0v) is 7.58. The van der Waals surface area contributed by atoms with Gasteiger partial charge in [-0.15, -0.1) is 0 Å². The summed E-state index contributed by atoms with van der Waals surface area (Å²) in [4.78, 5) is 6.62. The molecule has 77 valence electrons. The van der Waals surface area contributed by atoms with E-state index in [9.17, 15) is 8.78 Å². The maximum atomic E-state index is 12.1. The first-order valence-corrected chi connectivity index (χ1v) is 4.23. The summed E-state index contributed by atoms with van der Waals surface area (Å²) in [5.74, 6) is 0.544. The number of benzene rings is 1. The Morgan fingerprint density at radius 3 is 2.80 bits per heavy atom. The molecule has 1 N–H and O–H groups in total. The van der Waals surface area contributed by atoms with E-state index < -0.39 is 6.61 Å². The predicted molar refractivity (Wildman–Crippen MR) is 49.5 cm³/mol. The fourth-order valence-electron chi connectivity index (χ4n) is 1.23. The van der Waals surface area contributed by atoms with Gasteiger partial charge in [-0.25, -0.2) is 4.98 Å². The molecule has 2 aromatic rings. The number of aromatic amines is 1. The normalized spacial score (nSPS) is 10.6. The number of nitrogens with zero attached hydrogens (tertiary/aromatic N) is 1. The third-order valence-corrected chi connectivity index (χ3v) is 1.81. The van der Waals surface area contributed by atoms with Crippen molar-refractivity contribution in [2.75, 3.05) is 0 Å². The molecule has 0 saturated carbocycles. The van der Waals surface area contributed by atoms with Gasteiger partial charge in [0.2, 0.25) is 0 Å². The molecule has 0 aliphatic carbocycles. The lowest BCUT2D eigenvalue weighted by Gasteiger charge is -2.07. The SMILES string of the molecule is FC(F)Oc1ccccc1-c1n[c]c[nH]1. The molecule has 1 aromatic carbocycles. The first kappa shape index (κ1) is 9.64. The molecule has 1 heterocycles. The van der Waals surface area contributed by atoms with Crippen LogP contribution in [-0.4, -0.2) is 16.6 Å². The average molecular weight is 209 g/mol. The number of hydrogen-bond acceptors (Lipinski definition) is 2. The van der Waals surface area contributed by atoms with E-state index in [1.165, 1.54) is 12.3 Å². The number of para-hydroxylation sites is 1. The second-order valence-corrected chi connectivity index (χ2v) is 2.75. The van der Waals surface area contributed by atoms with Crippen LogP contribution in [-0.2, 0) is 0 Å². The van der Waals surface area contributed by atoms with Crippen molar-refractivity contribution in [2.24, 2.45) is 0 Å². The number of rotatable bonds is 3. The highest BCUT2D eigenvalue weighted by atomic mass is 19.3. The zero-order valence-electron chi connectivity index (χ0n) is 7.58. The van der Waals surface area contributed by atoms with Crippen LogP contribution in [0.15, 0.2) is 30.5 Å². The van der Waals surface area contributed by atoms with Crippen LogP contribution in [0.2, 0.25) is 0 Å². The quantitative estimate of drug-likeness (QED) is 0.843. The van der Waals surface area contributed by atoms with Crippen LogP contribution in [0.1, 0.15) is 0 Å². The van der Waals surface area contributed by atoms with Crippen LogP contribution in [0, 0.1) is 6.20 Å². The summed E-state index contributed by atoms with van der Waals surface area (Å²) in [6, 6.07) is 6.44. The molecule has 5 heteroatoms.